The SMILES string of the molecule is Cc1ccc(C(=O)[C@H]2[C@H](c3ccccc3Cl)C3(C(=O)c4ccccc4C3=O)C3C=Cc4cc(Cl)ccc4N32)cc1. The highest BCUT2D eigenvalue weighted by atomic mass is 35.5. The molecule has 0 amide bonds. The number of anilines is 1. The molecule has 1 spiro atoms. The molecule has 4 aromatic carbocycles. The lowest BCUT2D eigenvalue weighted by molar-refractivity contribution is 0.0666. The lowest BCUT2D eigenvalue weighted by Gasteiger charge is -2.37. The summed E-state index contributed by atoms with van der Waals surface area (Å²) < 4.78 is 0. The van der Waals surface area contributed by atoms with Gasteiger partial charge < -0.3 is 4.90 Å². The zero-order chi connectivity index (χ0) is 27.8. The highest BCUT2D eigenvalue weighted by Crippen LogP contribution is 2.61. The molecular weight excluding hydrogens is 541 g/mol. The Bertz CT molecular complexity index is 1740. The molecule has 2 aliphatic heterocycles. The van der Waals surface area contributed by atoms with Crippen LogP contribution in [0.1, 0.15) is 53.7 Å². The number of hydrogen-bond acceptors (Lipinski definition) is 4. The Labute approximate surface area is 241 Å². The molecule has 1 aliphatic carbocycles. The van der Waals surface area contributed by atoms with Gasteiger partial charge in [-0.05, 0) is 42.3 Å². The van der Waals surface area contributed by atoms with Crippen LogP contribution in [0.15, 0.2) is 97.1 Å². The van der Waals surface area contributed by atoms with Crippen LogP contribution >= 0.6 is 23.2 Å². The number of fused-ring (bicyclic) bond motifs is 5. The molecule has 1 fully saturated rings. The van der Waals surface area contributed by atoms with Gasteiger partial charge >= 0.3 is 0 Å². The molecule has 3 aliphatic rings. The fraction of sp³-hybridized carbons (Fsp3) is 0.147. The molecule has 196 valence electrons. The Kier molecular flexibility index (Phi) is 5.64. The van der Waals surface area contributed by atoms with Crippen molar-refractivity contribution in [3.8, 4) is 0 Å². The second kappa shape index (κ2) is 9.02. The second-order valence-corrected chi connectivity index (χ2v) is 11.5. The predicted molar refractivity (Wildman–Crippen MR) is 158 cm³/mol. The predicted octanol–water partition coefficient (Wildman–Crippen LogP) is 7.62. The Morgan fingerprint density at radius 3 is 2.15 bits per heavy atom. The number of benzene rings is 4. The summed E-state index contributed by atoms with van der Waals surface area (Å²) in [6.45, 7) is 1.96. The van der Waals surface area contributed by atoms with Gasteiger partial charge in [0.2, 0.25) is 0 Å². The monoisotopic (exact) mass is 563 g/mol. The normalized spacial score (nSPS) is 21.9. The summed E-state index contributed by atoms with van der Waals surface area (Å²) >= 11 is 13.2. The van der Waals surface area contributed by atoms with Gasteiger partial charge in [-0.2, -0.15) is 0 Å². The summed E-state index contributed by atoms with van der Waals surface area (Å²) in [6, 6.07) is 25.4. The fourth-order valence-corrected chi connectivity index (χ4v) is 7.34. The minimum Gasteiger partial charge on any atom is -0.352 e. The molecule has 0 N–H and O–H groups in total. The number of nitrogens with zero attached hydrogens (tertiary/aromatic N) is 1. The number of carbonyl (C=O) groups excluding carboxylic acids is 3. The maximum atomic E-state index is 14.7. The smallest absolute Gasteiger partial charge is 0.185 e. The van der Waals surface area contributed by atoms with Gasteiger partial charge in [0.1, 0.15) is 11.5 Å². The molecule has 6 heteroatoms. The first-order valence-corrected chi connectivity index (χ1v) is 13.9. The number of Topliss-reactive ketones (excluding diaryl/α,β-unsaturated/α-hetero) is 3. The van der Waals surface area contributed by atoms with Crippen molar-refractivity contribution < 1.29 is 14.4 Å². The quantitative estimate of drug-likeness (QED) is 0.190. The molecule has 7 rings (SSSR count). The van der Waals surface area contributed by atoms with Crippen LogP contribution in [0.3, 0.4) is 0 Å². The number of carbonyl (C=O) groups is 3. The van der Waals surface area contributed by atoms with Crippen LogP contribution < -0.4 is 4.90 Å². The van der Waals surface area contributed by atoms with Crippen molar-refractivity contribution in [2.75, 3.05) is 4.90 Å². The van der Waals surface area contributed by atoms with Crippen LogP contribution in [0.25, 0.3) is 6.08 Å². The summed E-state index contributed by atoms with van der Waals surface area (Å²) in [5.74, 6) is -1.60. The standard InChI is InChI=1S/C34H23Cl2NO3/c1-19-10-12-20(13-11-19)31(38)30-29(25-8-4-5-9-26(25)36)34(32(39)23-6-2-3-7-24(23)33(34)40)28-17-14-21-18-22(35)15-16-27(21)37(28)30/h2-18,28-30H,1H3/t28?,29-,30+/m0/s1. The van der Waals surface area contributed by atoms with E-state index in [1.54, 1.807) is 48.5 Å². The molecule has 1 saturated heterocycles. The maximum Gasteiger partial charge on any atom is 0.185 e. The molecule has 1 unspecified atom stereocenters. The van der Waals surface area contributed by atoms with Gasteiger partial charge in [0.05, 0.1) is 6.04 Å². The van der Waals surface area contributed by atoms with Gasteiger partial charge in [-0.1, -0.05) is 108 Å². The van der Waals surface area contributed by atoms with Crippen LogP contribution in [-0.2, 0) is 0 Å². The minimum atomic E-state index is -1.59. The molecule has 0 saturated carbocycles. The maximum absolute atomic E-state index is 14.7. The van der Waals surface area contributed by atoms with E-state index in [4.69, 9.17) is 23.2 Å². The molecule has 4 nitrogen and oxygen atoms in total. The third-order valence-corrected chi connectivity index (χ3v) is 9.19. The number of halogens is 2. The van der Waals surface area contributed by atoms with E-state index in [1.165, 1.54) is 0 Å². The van der Waals surface area contributed by atoms with Crippen LogP contribution in [0.2, 0.25) is 10.0 Å². The number of aryl methyl sites for hydroxylation is 1. The third-order valence-electron chi connectivity index (χ3n) is 8.61. The summed E-state index contributed by atoms with van der Waals surface area (Å²) in [6.07, 6.45) is 3.78. The Morgan fingerprint density at radius 1 is 0.825 bits per heavy atom. The highest BCUT2D eigenvalue weighted by Gasteiger charge is 2.71. The molecule has 4 aromatic rings. The van der Waals surface area contributed by atoms with Crippen molar-refractivity contribution in [2.45, 2.75) is 24.9 Å². The Hall–Kier alpha value is -3.99. The van der Waals surface area contributed by atoms with Gasteiger partial charge in [0, 0.05) is 38.3 Å². The number of hydrogen-bond donors (Lipinski definition) is 0. The minimum absolute atomic E-state index is 0.181. The van der Waals surface area contributed by atoms with E-state index in [-0.39, 0.29) is 17.3 Å². The average molecular weight is 564 g/mol. The van der Waals surface area contributed by atoms with E-state index in [1.807, 2.05) is 66.4 Å². The number of ketones is 3. The first-order chi connectivity index (χ1) is 19.3. The van der Waals surface area contributed by atoms with E-state index in [2.05, 4.69) is 0 Å². The van der Waals surface area contributed by atoms with Crippen molar-refractivity contribution in [3.05, 3.63) is 140 Å². The van der Waals surface area contributed by atoms with Crippen LogP contribution in [0.5, 0.6) is 0 Å². The summed E-state index contributed by atoms with van der Waals surface area (Å²) in [7, 11) is 0. The van der Waals surface area contributed by atoms with Crippen molar-refractivity contribution in [3.63, 3.8) is 0 Å². The molecule has 40 heavy (non-hydrogen) atoms. The van der Waals surface area contributed by atoms with E-state index in [0.29, 0.717) is 32.3 Å². The van der Waals surface area contributed by atoms with Crippen LogP contribution in [0, 0.1) is 12.3 Å². The van der Waals surface area contributed by atoms with Crippen molar-refractivity contribution in [2.24, 2.45) is 5.41 Å². The van der Waals surface area contributed by atoms with Gasteiger partial charge in [-0.25, -0.2) is 0 Å². The van der Waals surface area contributed by atoms with E-state index in [0.717, 1.165) is 16.8 Å². The van der Waals surface area contributed by atoms with Gasteiger partial charge in [0.25, 0.3) is 0 Å². The van der Waals surface area contributed by atoms with Gasteiger partial charge in [-0.3, -0.25) is 14.4 Å². The van der Waals surface area contributed by atoms with E-state index < -0.39 is 23.4 Å². The zero-order valence-corrected chi connectivity index (χ0v) is 23.0. The van der Waals surface area contributed by atoms with E-state index in [9.17, 15) is 14.4 Å². The number of rotatable bonds is 3. The first kappa shape index (κ1) is 25.0. The summed E-state index contributed by atoms with van der Waals surface area (Å²) in [5, 5.41) is 0.963. The first-order valence-electron chi connectivity index (χ1n) is 13.1. The van der Waals surface area contributed by atoms with E-state index >= 15 is 0 Å². The Balaban J connectivity index is 1.56. The highest BCUT2D eigenvalue weighted by molar-refractivity contribution is 6.34. The van der Waals surface area contributed by atoms with Crippen molar-refractivity contribution in [1.82, 2.24) is 0 Å². The lowest BCUT2D eigenvalue weighted by Crippen LogP contribution is -2.48. The second-order valence-electron chi connectivity index (χ2n) is 10.7. The topological polar surface area (TPSA) is 54.5 Å². The molecule has 3 atom stereocenters. The molecule has 0 aromatic heterocycles. The molecule has 2 heterocycles. The molecule has 0 bridgehead atoms. The third kappa shape index (κ3) is 3.30. The van der Waals surface area contributed by atoms with Crippen LogP contribution in [0.4, 0.5) is 5.69 Å². The largest absolute Gasteiger partial charge is 0.352 e. The summed E-state index contributed by atoms with van der Waals surface area (Å²) in [4.78, 5) is 45.9. The fourth-order valence-electron chi connectivity index (χ4n) is 6.91. The molecular formula is C34H23Cl2NO3. The van der Waals surface area contributed by atoms with Crippen LogP contribution in [-0.4, -0.2) is 29.4 Å². The zero-order valence-electron chi connectivity index (χ0n) is 21.5. The van der Waals surface area contributed by atoms with Crippen molar-refractivity contribution in [1.29, 1.82) is 0 Å². The van der Waals surface area contributed by atoms with Gasteiger partial charge in [0.15, 0.2) is 17.3 Å². The lowest BCUT2D eigenvalue weighted by atomic mass is 9.64. The van der Waals surface area contributed by atoms with Crippen molar-refractivity contribution >= 4 is 52.3 Å². The average Bonchev–Trinajstić information content (AvgIpc) is 3.39. The molecule has 0 radical (unpaired) electrons. The summed E-state index contributed by atoms with van der Waals surface area (Å²) in [5.41, 5.74) is 2.85. The Morgan fingerprint density at radius 2 is 1.48 bits per heavy atom. The van der Waals surface area contributed by atoms with Gasteiger partial charge in [-0.15, -0.1) is 0 Å².